The number of rotatable bonds is 1. The van der Waals surface area contributed by atoms with Gasteiger partial charge >= 0.3 is 0 Å². The second kappa shape index (κ2) is 3.74. The standard InChI is InChI=1S/C7H11ClN2O/c1-10-3-2-7(8)6(5-10)4-9-11/h4,11H,2-3,5H2,1H3. The van der Waals surface area contributed by atoms with Gasteiger partial charge in [-0.1, -0.05) is 16.8 Å². The molecule has 0 bridgehead atoms. The van der Waals surface area contributed by atoms with Crippen molar-refractivity contribution in [3.63, 3.8) is 0 Å². The Morgan fingerprint density at radius 1 is 1.73 bits per heavy atom. The summed E-state index contributed by atoms with van der Waals surface area (Å²) in [4.78, 5) is 2.13. The first kappa shape index (κ1) is 8.56. The van der Waals surface area contributed by atoms with Crippen molar-refractivity contribution < 1.29 is 5.21 Å². The van der Waals surface area contributed by atoms with E-state index >= 15 is 0 Å². The molecule has 0 saturated heterocycles. The van der Waals surface area contributed by atoms with E-state index < -0.39 is 0 Å². The molecule has 0 amide bonds. The zero-order valence-corrected chi connectivity index (χ0v) is 7.17. The predicted octanol–water partition coefficient (Wildman–Crippen LogP) is 1.27. The highest BCUT2D eigenvalue weighted by atomic mass is 35.5. The van der Waals surface area contributed by atoms with Gasteiger partial charge in [0.1, 0.15) is 0 Å². The van der Waals surface area contributed by atoms with E-state index in [1.807, 2.05) is 7.05 Å². The molecule has 1 N–H and O–H groups in total. The third kappa shape index (κ3) is 2.20. The van der Waals surface area contributed by atoms with Crippen LogP contribution in [0.4, 0.5) is 0 Å². The fraction of sp³-hybridized carbons (Fsp3) is 0.571. The summed E-state index contributed by atoms with van der Waals surface area (Å²) in [5.74, 6) is 0. The summed E-state index contributed by atoms with van der Waals surface area (Å²) in [6.45, 7) is 1.74. The van der Waals surface area contributed by atoms with Crippen LogP contribution >= 0.6 is 11.6 Å². The Morgan fingerprint density at radius 3 is 3.09 bits per heavy atom. The lowest BCUT2D eigenvalue weighted by Crippen LogP contribution is -2.27. The summed E-state index contributed by atoms with van der Waals surface area (Å²) in [6.07, 6.45) is 2.25. The van der Waals surface area contributed by atoms with Gasteiger partial charge in [-0.2, -0.15) is 0 Å². The molecule has 0 radical (unpaired) electrons. The normalized spacial score (nSPS) is 21.6. The van der Waals surface area contributed by atoms with Gasteiger partial charge in [0.2, 0.25) is 0 Å². The Balaban J connectivity index is 2.71. The molecular weight excluding hydrogens is 164 g/mol. The molecule has 3 nitrogen and oxygen atoms in total. The van der Waals surface area contributed by atoms with E-state index in [1.54, 1.807) is 0 Å². The van der Waals surface area contributed by atoms with Crippen molar-refractivity contribution in [1.82, 2.24) is 4.90 Å². The summed E-state index contributed by atoms with van der Waals surface area (Å²) >= 11 is 5.88. The fourth-order valence-electron chi connectivity index (χ4n) is 1.09. The van der Waals surface area contributed by atoms with E-state index in [0.29, 0.717) is 0 Å². The highest BCUT2D eigenvalue weighted by molar-refractivity contribution is 6.31. The molecule has 1 rings (SSSR count). The minimum absolute atomic E-state index is 0.767. The van der Waals surface area contributed by atoms with Crippen molar-refractivity contribution in [2.24, 2.45) is 5.16 Å². The molecule has 0 aromatic rings. The first-order chi connectivity index (χ1) is 5.24. The van der Waals surface area contributed by atoms with Crippen LogP contribution in [0.2, 0.25) is 0 Å². The van der Waals surface area contributed by atoms with E-state index in [2.05, 4.69) is 10.1 Å². The van der Waals surface area contributed by atoms with Crippen LogP contribution < -0.4 is 0 Å². The van der Waals surface area contributed by atoms with Crippen molar-refractivity contribution in [1.29, 1.82) is 0 Å². The van der Waals surface area contributed by atoms with Crippen LogP contribution in [0.1, 0.15) is 6.42 Å². The molecular formula is C7H11ClN2O. The monoisotopic (exact) mass is 174 g/mol. The van der Waals surface area contributed by atoms with Crippen LogP contribution in [0.15, 0.2) is 15.8 Å². The van der Waals surface area contributed by atoms with Crippen LogP contribution in [-0.4, -0.2) is 36.5 Å². The predicted molar refractivity (Wildman–Crippen MR) is 45.3 cm³/mol. The van der Waals surface area contributed by atoms with Gasteiger partial charge in [-0.05, 0) is 13.5 Å². The maximum absolute atomic E-state index is 8.28. The lowest BCUT2D eigenvalue weighted by atomic mass is 10.1. The average molecular weight is 175 g/mol. The Labute approximate surface area is 70.9 Å². The summed E-state index contributed by atoms with van der Waals surface area (Å²) in [6, 6.07) is 0. The zero-order chi connectivity index (χ0) is 8.27. The number of likely N-dealkylation sites (N-methyl/N-ethyl adjacent to an activating group) is 1. The van der Waals surface area contributed by atoms with Crippen LogP contribution in [0, 0.1) is 0 Å². The lowest BCUT2D eigenvalue weighted by molar-refractivity contribution is 0.319. The Kier molecular flexibility index (Phi) is 2.91. The maximum atomic E-state index is 8.28. The van der Waals surface area contributed by atoms with Gasteiger partial charge in [-0.3, -0.25) is 0 Å². The van der Waals surface area contributed by atoms with Crippen LogP contribution in [0.5, 0.6) is 0 Å². The molecule has 0 fully saturated rings. The SMILES string of the molecule is CN1CCC(Cl)=C(C=NO)C1. The van der Waals surface area contributed by atoms with E-state index in [4.69, 9.17) is 16.8 Å². The second-order valence-electron chi connectivity index (χ2n) is 2.66. The minimum atomic E-state index is 0.767. The first-order valence-electron chi connectivity index (χ1n) is 3.47. The van der Waals surface area contributed by atoms with Gasteiger partial charge < -0.3 is 10.1 Å². The van der Waals surface area contributed by atoms with E-state index in [9.17, 15) is 0 Å². The average Bonchev–Trinajstić information content (AvgIpc) is 1.98. The third-order valence-corrected chi connectivity index (χ3v) is 2.15. The Morgan fingerprint density at radius 2 is 2.45 bits per heavy atom. The molecule has 4 heteroatoms. The summed E-state index contributed by atoms with van der Waals surface area (Å²) in [5.41, 5.74) is 0.905. The molecule has 0 saturated carbocycles. The quantitative estimate of drug-likeness (QED) is 0.369. The number of halogens is 1. The second-order valence-corrected chi connectivity index (χ2v) is 3.12. The Bertz CT molecular complexity index is 201. The van der Waals surface area contributed by atoms with Crippen LogP contribution in [-0.2, 0) is 0 Å². The highest BCUT2D eigenvalue weighted by Crippen LogP contribution is 2.18. The van der Waals surface area contributed by atoms with Gasteiger partial charge in [0.05, 0.1) is 6.21 Å². The first-order valence-corrected chi connectivity index (χ1v) is 3.85. The molecule has 62 valence electrons. The van der Waals surface area contributed by atoms with Crippen molar-refractivity contribution in [2.75, 3.05) is 20.1 Å². The molecule has 1 aliphatic heterocycles. The molecule has 1 heterocycles. The smallest absolute Gasteiger partial charge is 0.0718 e. The molecule has 0 atom stereocenters. The van der Waals surface area contributed by atoms with Gasteiger partial charge in [0.25, 0.3) is 0 Å². The Hall–Kier alpha value is -0.540. The summed E-state index contributed by atoms with van der Waals surface area (Å²) in [7, 11) is 2.01. The summed E-state index contributed by atoms with van der Waals surface area (Å²) in [5, 5.41) is 12.0. The van der Waals surface area contributed by atoms with E-state index in [0.717, 1.165) is 30.1 Å². The number of nitrogens with zero attached hydrogens (tertiary/aromatic N) is 2. The van der Waals surface area contributed by atoms with Crippen LogP contribution in [0.3, 0.4) is 0 Å². The number of hydrogen-bond acceptors (Lipinski definition) is 3. The fourth-order valence-corrected chi connectivity index (χ4v) is 1.28. The molecule has 0 spiro atoms. The van der Waals surface area contributed by atoms with Gasteiger partial charge in [0.15, 0.2) is 0 Å². The zero-order valence-electron chi connectivity index (χ0n) is 6.42. The molecule has 0 unspecified atom stereocenters. The topological polar surface area (TPSA) is 35.8 Å². The number of hydrogen-bond donors (Lipinski definition) is 1. The maximum Gasteiger partial charge on any atom is 0.0718 e. The van der Waals surface area contributed by atoms with Gasteiger partial charge in [0, 0.05) is 23.7 Å². The van der Waals surface area contributed by atoms with Gasteiger partial charge in [-0.15, -0.1) is 0 Å². The molecule has 11 heavy (non-hydrogen) atoms. The van der Waals surface area contributed by atoms with Crippen molar-refractivity contribution in [3.05, 3.63) is 10.6 Å². The lowest BCUT2D eigenvalue weighted by Gasteiger charge is -2.22. The molecule has 0 aromatic carbocycles. The molecule has 1 aliphatic rings. The van der Waals surface area contributed by atoms with Crippen molar-refractivity contribution in [2.45, 2.75) is 6.42 Å². The van der Waals surface area contributed by atoms with E-state index in [-0.39, 0.29) is 0 Å². The van der Waals surface area contributed by atoms with Crippen molar-refractivity contribution >= 4 is 17.8 Å². The summed E-state index contributed by atoms with van der Waals surface area (Å²) < 4.78 is 0. The largest absolute Gasteiger partial charge is 0.411 e. The number of oxime groups is 1. The van der Waals surface area contributed by atoms with E-state index in [1.165, 1.54) is 6.21 Å². The third-order valence-electron chi connectivity index (χ3n) is 1.72. The molecule has 0 aliphatic carbocycles. The van der Waals surface area contributed by atoms with Crippen LogP contribution in [0.25, 0.3) is 0 Å². The molecule has 0 aromatic heterocycles. The highest BCUT2D eigenvalue weighted by Gasteiger charge is 2.12. The van der Waals surface area contributed by atoms with Gasteiger partial charge in [-0.25, -0.2) is 0 Å². The van der Waals surface area contributed by atoms with Crippen molar-refractivity contribution in [3.8, 4) is 0 Å². The minimum Gasteiger partial charge on any atom is -0.411 e.